The molecule has 4 unspecified atom stereocenters. The van der Waals surface area contributed by atoms with Crippen LogP contribution in [0.15, 0.2) is 0 Å². The molecule has 0 aromatic carbocycles. The summed E-state index contributed by atoms with van der Waals surface area (Å²) in [7, 11) is 0. The van der Waals surface area contributed by atoms with E-state index in [4.69, 9.17) is 4.74 Å². The number of rotatable bonds is 1. The monoisotopic (exact) mass is 197 g/mol. The van der Waals surface area contributed by atoms with Crippen molar-refractivity contribution in [3.63, 3.8) is 0 Å². The van der Waals surface area contributed by atoms with Gasteiger partial charge in [-0.25, -0.2) is 0 Å². The Balaban J connectivity index is 1.91. The Labute approximate surface area is 87.4 Å². The van der Waals surface area contributed by atoms with E-state index in [1.807, 2.05) is 0 Å². The number of hydrogen-bond acceptors (Lipinski definition) is 2. The molecule has 1 aliphatic carbocycles. The first-order valence-electron chi connectivity index (χ1n) is 6.05. The highest BCUT2D eigenvalue weighted by Crippen LogP contribution is 2.33. The normalized spacial score (nSPS) is 43.7. The highest BCUT2D eigenvalue weighted by Gasteiger charge is 2.35. The van der Waals surface area contributed by atoms with Crippen molar-refractivity contribution in [1.82, 2.24) is 5.32 Å². The third-order valence-corrected chi connectivity index (χ3v) is 3.84. The molecule has 4 atom stereocenters. The number of morpholine rings is 1. The van der Waals surface area contributed by atoms with Gasteiger partial charge in [0.1, 0.15) is 0 Å². The maximum atomic E-state index is 5.96. The lowest BCUT2D eigenvalue weighted by Crippen LogP contribution is -2.54. The highest BCUT2D eigenvalue weighted by molar-refractivity contribution is 4.90. The topological polar surface area (TPSA) is 21.3 Å². The van der Waals surface area contributed by atoms with Crippen molar-refractivity contribution in [2.24, 2.45) is 11.8 Å². The van der Waals surface area contributed by atoms with Crippen molar-refractivity contribution in [1.29, 1.82) is 0 Å². The number of nitrogens with one attached hydrogen (secondary N) is 1. The Morgan fingerprint density at radius 2 is 2.07 bits per heavy atom. The van der Waals surface area contributed by atoms with Crippen LogP contribution in [0.1, 0.15) is 40.0 Å². The van der Waals surface area contributed by atoms with E-state index in [2.05, 4.69) is 26.1 Å². The molecule has 2 rings (SSSR count). The van der Waals surface area contributed by atoms with Gasteiger partial charge in [0, 0.05) is 12.6 Å². The SMILES string of the molecule is CC1CNC2CC(C(C)C)CCC2O1. The van der Waals surface area contributed by atoms with Crippen LogP contribution in [0.25, 0.3) is 0 Å². The molecule has 1 aliphatic heterocycles. The fourth-order valence-corrected chi connectivity index (χ4v) is 2.82. The standard InChI is InChI=1S/C12H23NO/c1-8(2)10-4-5-12-11(6-10)13-7-9(3)14-12/h8-13H,4-7H2,1-3H3. The van der Waals surface area contributed by atoms with Gasteiger partial charge in [-0.1, -0.05) is 13.8 Å². The van der Waals surface area contributed by atoms with Crippen LogP contribution in [0.3, 0.4) is 0 Å². The summed E-state index contributed by atoms with van der Waals surface area (Å²) in [4.78, 5) is 0. The lowest BCUT2D eigenvalue weighted by atomic mass is 9.77. The maximum absolute atomic E-state index is 5.96. The zero-order chi connectivity index (χ0) is 10.1. The summed E-state index contributed by atoms with van der Waals surface area (Å²) in [6.45, 7) is 7.89. The Morgan fingerprint density at radius 1 is 1.29 bits per heavy atom. The van der Waals surface area contributed by atoms with Gasteiger partial charge in [0.15, 0.2) is 0 Å². The quantitative estimate of drug-likeness (QED) is 0.695. The molecule has 2 aliphatic rings. The van der Waals surface area contributed by atoms with Crippen molar-refractivity contribution in [3.05, 3.63) is 0 Å². The van der Waals surface area contributed by atoms with E-state index < -0.39 is 0 Å². The Hall–Kier alpha value is -0.0800. The van der Waals surface area contributed by atoms with E-state index in [0.29, 0.717) is 18.2 Å². The molecule has 2 nitrogen and oxygen atoms in total. The average Bonchev–Trinajstić information content (AvgIpc) is 2.16. The number of ether oxygens (including phenoxy) is 1. The van der Waals surface area contributed by atoms with E-state index in [-0.39, 0.29) is 0 Å². The molecule has 0 radical (unpaired) electrons. The third-order valence-electron chi connectivity index (χ3n) is 3.84. The molecule has 1 saturated carbocycles. The fourth-order valence-electron chi connectivity index (χ4n) is 2.82. The van der Waals surface area contributed by atoms with Crippen molar-refractivity contribution in [3.8, 4) is 0 Å². The second-order valence-electron chi connectivity index (χ2n) is 5.32. The lowest BCUT2D eigenvalue weighted by Gasteiger charge is -2.43. The Kier molecular flexibility index (Phi) is 3.13. The van der Waals surface area contributed by atoms with Gasteiger partial charge in [-0.2, -0.15) is 0 Å². The second-order valence-corrected chi connectivity index (χ2v) is 5.32. The number of fused-ring (bicyclic) bond motifs is 1. The molecule has 0 amide bonds. The zero-order valence-corrected chi connectivity index (χ0v) is 9.62. The molecule has 1 heterocycles. The molecular formula is C12H23NO. The largest absolute Gasteiger partial charge is 0.372 e. The first-order chi connectivity index (χ1) is 6.66. The zero-order valence-electron chi connectivity index (χ0n) is 9.62. The van der Waals surface area contributed by atoms with Gasteiger partial charge in [0.25, 0.3) is 0 Å². The minimum atomic E-state index is 0.409. The molecule has 2 fully saturated rings. The van der Waals surface area contributed by atoms with Crippen molar-refractivity contribution < 1.29 is 4.74 Å². The molecule has 2 heteroatoms. The number of hydrogen-bond donors (Lipinski definition) is 1. The van der Waals surface area contributed by atoms with Gasteiger partial charge in [0.2, 0.25) is 0 Å². The summed E-state index contributed by atoms with van der Waals surface area (Å²) in [5, 5.41) is 3.63. The molecule has 82 valence electrons. The van der Waals surface area contributed by atoms with Crippen LogP contribution in [-0.2, 0) is 4.74 Å². The summed E-state index contributed by atoms with van der Waals surface area (Å²) in [6, 6.07) is 0.632. The van der Waals surface area contributed by atoms with Crippen molar-refractivity contribution in [2.75, 3.05) is 6.54 Å². The molecule has 0 aromatic heterocycles. The molecule has 1 saturated heterocycles. The van der Waals surface area contributed by atoms with Gasteiger partial charge in [0.05, 0.1) is 12.2 Å². The summed E-state index contributed by atoms with van der Waals surface area (Å²) in [6.07, 6.45) is 4.83. The molecule has 0 aromatic rings. The van der Waals surface area contributed by atoms with E-state index in [0.717, 1.165) is 18.4 Å². The van der Waals surface area contributed by atoms with Gasteiger partial charge >= 0.3 is 0 Å². The molecule has 0 bridgehead atoms. The first kappa shape index (κ1) is 10.4. The van der Waals surface area contributed by atoms with E-state index in [1.54, 1.807) is 0 Å². The Bertz CT molecular complexity index is 193. The molecule has 14 heavy (non-hydrogen) atoms. The van der Waals surface area contributed by atoms with Crippen molar-refractivity contribution in [2.45, 2.75) is 58.3 Å². The maximum Gasteiger partial charge on any atom is 0.0732 e. The van der Waals surface area contributed by atoms with E-state index in [1.165, 1.54) is 19.3 Å². The summed E-state index contributed by atoms with van der Waals surface area (Å²) >= 11 is 0. The minimum absolute atomic E-state index is 0.409. The van der Waals surface area contributed by atoms with Gasteiger partial charge in [-0.3, -0.25) is 0 Å². The average molecular weight is 197 g/mol. The fraction of sp³-hybridized carbons (Fsp3) is 1.00. The Morgan fingerprint density at radius 3 is 2.79 bits per heavy atom. The van der Waals surface area contributed by atoms with Crippen LogP contribution < -0.4 is 5.32 Å². The predicted octanol–water partition coefficient (Wildman–Crippen LogP) is 2.19. The van der Waals surface area contributed by atoms with Gasteiger partial charge < -0.3 is 10.1 Å². The van der Waals surface area contributed by atoms with Crippen LogP contribution >= 0.6 is 0 Å². The first-order valence-corrected chi connectivity index (χ1v) is 6.05. The second kappa shape index (κ2) is 4.19. The van der Waals surface area contributed by atoms with Crippen LogP contribution in [0, 0.1) is 11.8 Å². The summed E-state index contributed by atoms with van der Waals surface area (Å²) in [5.74, 6) is 1.73. The lowest BCUT2D eigenvalue weighted by molar-refractivity contribution is -0.0800. The van der Waals surface area contributed by atoms with Crippen LogP contribution in [0.5, 0.6) is 0 Å². The minimum Gasteiger partial charge on any atom is -0.372 e. The smallest absolute Gasteiger partial charge is 0.0732 e. The van der Waals surface area contributed by atoms with Gasteiger partial charge in [-0.05, 0) is 38.0 Å². The van der Waals surface area contributed by atoms with Gasteiger partial charge in [-0.15, -0.1) is 0 Å². The summed E-state index contributed by atoms with van der Waals surface area (Å²) < 4.78 is 5.96. The van der Waals surface area contributed by atoms with E-state index >= 15 is 0 Å². The third kappa shape index (κ3) is 2.12. The highest BCUT2D eigenvalue weighted by atomic mass is 16.5. The van der Waals surface area contributed by atoms with Crippen LogP contribution in [0.4, 0.5) is 0 Å². The predicted molar refractivity (Wildman–Crippen MR) is 58.3 cm³/mol. The summed E-state index contributed by atoms with van der Waals surface area (Å²) in [5.41, 5.74) is 0. The van der Waals surface area contributed by atoms with E-state index in [9.17, 15) is 0 Å². The van der Waals surface area contributed by atoms with Crippen molar-refractivity contribution >= 4 is 0 Å². The van der Waals surface area contributed by atoms with Crippen LogP contribution in [-0.4, -0.2) is 24.8 Å². The van der Waals surface area contributed by atoms with Crippen LogP contribution in [0.2, 0.25) is 0 Å². The molecule has 1 N–H and O–H groups in total. The molecular weight excluding hydrogens is 174 g/mol. The molecule has 0 spiro atoms.